The number of phenolic OH excluding ortho intramolecular Hbond substituents is 1. The lowest BCUT2D eigenvalue weighted by Crippen LogP contribution is -2.32. The fourth-order valence-electron chi connectivity index (χ4n) is 4.72. The zero-order valence-electron chi connectivity index (χ0n) is 20.4. The Balaban J connectivity index is 1.50. The number of aromatic hydroxyl groups is 1. The summed E-state index contributed by atoms with van der Waals surface area (Å²) in [5, 5.41) is 13.7. The number of nitrogens with zero attached hydrogens (tertiary/aromatic N) is 1. The fourth-order valence-corrected chi connectivity index (χ4v) is 4.72. The number of benzene rings is 3. The third kappa shape index (κ3) is 5.55. The van der Waals surface area contributed by atoms with Gasteiger partial charge in [-0.25, -0.2) is 8.78 Å². The Labute approximate surface area is 218 Å². The number of H-pyrrole nitrogens is 1. The average Bonchev–Trinajstić information content (AvgIpc) is 3.29. The number of rotatable bonds is 8. The molecule has 0 saturated carbocycles. The summed E-state index contributed by atoms with van der Waals surface area (Å²) >= 11 is 0. The molecule has 0 aliphatic carbocycles. The average molecular weight is 513 g/mol. The quantitative estimate of drug-likeness (QED) is 0.226. The molecule has 0 unspecified atom stereocenters. The van der Waals surface area contributed by atoms with E-state index in [1.807, 2.05) is 30.3 Å². The highest BCUT2D eigenvalue weighted by atomic mass is 19.1. The van der Waals surface area contributed by atoms with Crippen molar-refractivity contribution in [3.63, 3.8) is 0 Å². The molecule has 0 aliphatic rings. The van der Waals surface area contributed by atoms with Crippen LogP contribution in [0.3, 0.4) is 0 Å². The van der Waals surface area contributed by atoms with Crippen LogP contribution in [0.15, 0.2) is 85.2 Å². The highest BCUT2D eigenvalue weighted by molar-refractivity contribution is 5.90. The number of aromatic nitrogens is 2. The number of halogens is 2. The van der Waals surface area contributed by atoms with E-state index in [0.29, 0.717) is 23.4 Å². The third-order valence-corrected chi connectivity index (χ3v) is 6.44. The molecular formula is C30H26F2N4O2. The molecule has 3 aromatic carbocycles. The Morgan fingerprint density at radius 1 is 1.00 bits per heavy atom. The molecule has 38 heavy (non-hydrogen) atoms. The van der Waals surface area contributed by atoms with Gasteiger partial charge in [-0.15, -0.1) is 0 Å². The first-order valence-electron chi connectivity index (χ1n) is 12.2. The first kappa shape index (κ1) is 25.1. The van der Waals surface area contributed by atoms with Crippen molar-refractivity contribution in [1.82, 2.24) is 15.3 Å². The summed E-state index contributed by atoms with van der Waals surface area (Å²) in [4.78, 5) is 21.0. The maximum atomic E-state index is 14.0. The molecule has 192 valence electrons. The highest BCUT2D eigenvalue weighted by Gasteiger charge is 2.22. The van der Waals surface area contributed by atoms with E-state index < -0.39 is 17.7 Å². The van der Waals surface area contributed by atoms with Crippen molar-refractivity contribution >= 4 is 16.8 Å². The Morgan fingerprint density at radius 3 is 2.61 bits per heavy atom. The molecule has 0 bridgehead atoms. The summed E-state index contributed by atoms with van der Waals surface area (Å²) < 4.78 is 28.1. The molecule has 6 nitrogen and oxygen atoms in total. The van der Waals surface area contributed by atoms with Gasteiger partial charge < -0.3 is 21.1 Å². The zero-order chi connectivity index (χ0) is 26.6. The van der Waals surface area contributed by atoms with Crippen LogP contribution in [0, 0.1) is 11.6 Å². The van der Waals surface area contributed by atoms with Crippen molar-refractivity contribution in [3.05, 3.63) is 119 Å². The number of amides is 1. The Bertz CT molecular complexity index is 1600. The lowest BCUT2D eigenvalue weighted by Gasteiger charge is -2.22. The lowest BCUT2D eigenvalue weighted by atomic mass is 9.94. The minimum atomic E-state index is -0.694. The second-order valence-electron chi connectivity index (χ2n) is 9.16. The van der Waals surface area contributed by atoms with Gasteiger partial charge in [0.1, 0.15) is 17.4 Å². The first-order chi connectivity index (χ1) is 18.4. The number of aromatic amines is 1. The van der Waals surface area contributed by atoms with Gasteiger partial charge in [-0.2, -0.15) is 0 Å². The van der Waals surface area contributed by atoms with E-state index in [2.05, 4.69) is 15.3 Å². The van der Waals surface area contributed by atoms with E-state index in [9.17, 15) is 18.7 Å². The molecule has 5 N–H and O–H groups in total. The van der Waals surface area contributed by atoms with Crippen LogP contribution in [0.2, 0.25) is 0 Å². The van der Waals surface area contributed by atoms with E-state index in [1.165, 1.54) is 12.1 Å². The smallest absolute Gasteiger partial charge is 0.225 e. The van der Waals surface area contributed by atoms with Crippen molar-refractivity contribution < 1.29 is 18.7 Å². The Hall–Kier alpha value is -4.56. The topological polar surface area (TPSA) is 104 Å². The van der Waals surface area contributed by atoms with Crippen LogP contribution in [0.25, 0.3) is 22.0 Å². The minimum Gasteiger partial charge on any atom is -0.508 e. The predicted octanol–water partition coefficient (Wildman–Crippen LogP) is 5.32. The Morgan fingerprint density at radius 2 is 1.82 bits per heavy atom. The van der Waals surface area contributed by atoms with Gasteiger partial charge in [0, 0.05) is 41.5 Å². The van der Waals surface area contributed by atoms with Crippen molar-refractivity contribution in [3.8, 4) is 16.9 Å². The number of nitrogens with two attached hydrogens (primary N) is 1. The minimum absolute atomic E-state index is 0.0301. The van der Waals surface area contributed by atoms with Crippen LogP contribution in [0.4, 0.5) is 8.78 Å². The van der Waals surface area contributed by atoms with E-state index in [1.54, 1.807) is 36.7 Å². The molecule has 2 heterocycles. The molecule has 0 saturated heterocycles. The van der Waals surface area contributed by atoms with Gasteiger partial charge in [-0.05, 0) is 71.1 Å². The van der Waals surface area contributed by atoms with Gasteiger partial charge in [0.2, 0.25) is 5.91 Å². The van der Waals surface area contributed by atoms with Crippen molar-refractivity contribution in [2.24, 2.45) is 5.73 Å². The largest absolute Gasteiger partial charge is 0.508 e. The molecular weight excluding hydrogens is 486 g/mol. The predicted molar refractivity (Wildman–Crippen MR) is 142 cm³/mol. The van der Waals surface area contributed by atoms with Crippen molar-refractivity contribution in [2.75, 3.05) is 0 Å². The SMILES string of the molecule is NCc1cccc(-c2cccnc2[C@H](Cc2cc(F)cc(F)c2)NC(=O)Cc2c[nH]c3ccc(O)cc23)c1. The van der Waals surface area contributed by atoms with Crippen molar-refractivity contribution in [2.45, 2.75) is 25.4 Å². The first-order valence-corrected chi connectivity index (χ1v) is 12.2. The number of carbonyl (C=O) groups is 1. The molecule has 2 aromatic heterocycles. The zero-order valence-corrected chi connectivity index (χ0v) is 20.4. The number of carbonyl (C=O) groups excluding carboxylic acids is 1. The standard InChI is InChI=1S/C30H26F2N4O2/c31-22-10-19(11-23(32)14-22)12-28(30-25(5-2-8-34-30)20-4-1-3-18(9-20)16-33)36-29(38)13-21-17-35-27-7-6-24(37)15-26(21)27/h1-11,14-15,17,28,35,37H,12-13,16,33H2,(H,36,38)/t28-/m0/s1. The number of hydrogen-bond acceptors (Lipinski definition) is 4. The maximum absolute atomic E-state index is 14.0. The second-order valence-corrected chi connectivity index (χ2v) is 9.16. The van der Waals surface area contributed by atoms with Crippen LogP contribution in [-0.2, 0) is 24.2 Å². The Kier molecular flexibility index (Phi) is 7.15. The molecule has 1 atom stereocenters. The summed E-state index contributed by atoms with van der Waals surface area (Å²) in [5.41, 5.74) is 10.9. The molecule has 5 aromatic rings. The number of phenols is 1. The normalized spacial score (nSPS) is 12.0. The summed E-state index contributed by atoms with van der Waals surface area (Å²) in [7, 11) is 0. The van der Waals surface area contributed by atoms with Crippen molar-refractivity contribution in [1.29, 1.82) is 0 Å². The van der Waals surface area contributed by atoms with Gasteiger partial charge in [0.15, 0.2) is 0 Å². The monoisotopic (exact) mass is 512 g/mol. The molecule has 0 aliphatic heterocycles. The van der Waals surface area contributed by atoms with Crippen LogP contribution in [0.1, 0.15) is 28.4 Å². The fraction of sp³-hybridized carbons (Fsp3) is 0.133. The van der Waals surface area contributed by atoms with Crippen LogP contribution in [-0.4, -0.2) is 21.0 Å². The van der Waals surface area contributed by atoms with E-state index in [0.717, 1.165) is 33.7 Å². The maximum Gasteiger partial charge on any atom is 0.225 e. The molecule has 0 radical (unpaired) electrons. The lowest BCUT2D eigenvalue weighted by molar-refractivity contribution is -0.121. The molecule has 0 fully saturated rings. The summed E-state index contributed by atoms with van der Waals surface area (Å²) in [6.45, 7) is 0.367. The number of hydrogen-bond donors (Lipinski definition) is 4. The molecule has 5 rings (SSSR count). The van der Waals surface area contributed by atoms with Crippen LogP contribution in [0.5, 0.6) is 5.75 Å². The number of nitrogens with one attached hydrogen (secondary N) is 2. The molecule has 8 heteroatoms. The van der Waals surface area contributed by atoms with E-state index >= 15 is 0 Å². The van der Waals surface area contributed by atoms with E-state index in [4.69, 9.17) is 5.73 Å². The third-order valence-electron chi connectivity index (χ3n) is 6.44. The van der Waals surface area contributed by atoms with Crippen LogP contribution < -0.4 is 11.1 Å². The number of fused-ring (bicyclic) bond motifs is 1. The second kappa shape index (κ2) is 10.8. The summed E-state index contributed by atoms with van der Waals surface area (Å²) in [6, 6.07) is 18.9. The molecule has 1 amide bonds. The molecule has 0 spiro atoms. The van der Waals surface area contributed by atoms with Gasteiger partial charge in [0.05, 0.1) is 18.2 Å². The summed E-state index contributed by atoms with van der Waals surface area (Å²) in [6.07, 6.45) is 3.50. The van der Waals surface area contributed by atoms with Gasteiger partial charge >= 0.3 is 0 Å². The highest BCUT2D eigenvalue weighted by Crippen LogP contribution is 2.30. The van der Waals surface area contributed by atoms with Gasteiger partial charge in [-0.3, -0.25) is 9.78 Å². The van der Waals surface area contributed by atoms with Crippen LogP contribution >= 0.6 is 0 Å². The van der Waals surface area contributed by atoms with E-state index in [-0.39, 0.29) is 24.5 Å². The van der Waals surface area contributed by atoms with Gasteiger partial charge in [0.25, 0.3) is 0 Å². The van der Waals surface area contributed by atoms with Gasteiger partial charge in [-0.1, -0.05) is 24.3 Å². The summed E-state index contributed by atoms with van der Waals surface area (Å²) in [5.74, 6) is -1.59. The number of pyridine rings is 1.